The van der Waals surface area contributed by atoms with Crippen LogP contribution in [-0.2, 0) is 13.0 Å². The summed E-state index contributed by atoms with van der Waals surface area (Å²) in [5.74, 6) is 1.42. The zero-order valence-corrected chi connectivity index (χ0v) is 12.7. The largest absolute Gasteiger partial charge is 0.493 e. The number of hydrogen-bond donors (Lipinski definition) is 1. The Morgan fingerprint density at radius 1 is 1.40 bits per heavy atom. The number of nitrogens with zero attached hydrogens (tertiary/aromatic N) is 1. The summed E-state index contributed by atoms with van der Waals surface area (Å²) in [7, 11) is 0. The highest BCUT2D eigenvalue weighted by molar-refractivity contribution is 7.11. The van der Waals surface area contributed by atoms with Crippen molar-refractivity contribution >= 4 is 11.3 Å². The monoisotopic (exact) mass is 288 g/mol. The highest BCUT2D eigenvalue weighted by Gasteiger charge is 2.23. The molecule has 0 bridgehead atoms. The lowest BCUT2D eigenvalue weighted by Gasteiger charge is -2.23. The molecule has 1 aromatic heterocycles. The minimum absolute atomic E-state index is 0.391. The molecule has 2 heterocycles. The van der Waals surface area contributed by atoms with Crippen LogP contribution in [0.3, 0.4) is 0 Å². The van der Waals surface area contributed by atoms with Crippen LogP contribution < -0.4 is 10.1 Å². The maximum atomic E-state index is 5.85. The number of benzene rings is 1. The fourth-order valence-electron chi connectivity index (χ4n) is 2.38. The van der Waals surface area contributed by atoms with Gasteiger partial charge in [0.2, 0.25) is 0 Å². The molecular weight excluding hydrogens is 268 g/mol. The molecule has 1 atom stereocenters. The molecule has 4 heteroatoms. The Labute approximate surface area is 124 Å². The molecule has 1 N–H and O–H groups in total. The zero-order valence-electron chi connectivity index (χ0n) is 11.9. The summed E-state index contributed by atoms with van der Waals surface area (Å²) in [6.07, 6.45) is 3.02. The molecule has 3 rings (SSSR count). The SMILES string of the molecule is CC(C)NCc1cnc(C2COc3ccccc3C2)s1. The van der Waals surface area contributed by atoms with Crippen molar-refractivity contribution in [1.29, 1.82) is 0 Å². The smallest absolute Gasteiger partial charge is 0.122 e. The van der Waals surface area contributed by atoms with E-state index in [1.807, 2.05) is 18.3 Å². The molecule has 0 radical (unpaired) electrons. The molecule has 0 amide bonds. The number of aromatic nitrogens is 1. The number of fused-ring (bicyclic) bond motifs is 1. The molecular formula is C16H20N2OS. The topological polar surface area (TPSA) is 34.2 Å². The fourth-order valence-corrected chi connectivity index (χ4v) is 3.34. The van der Waals surface area contributed by atoms with Crippen molar-refractivity contribution in [2.45, 2.75) is 38.8 Å². The molecule has 1 aliphatic heterocycles. The average Bonchev–Trinajstić information content (AvgIpc) is 2.93. The zero-order chi connectivity index (χ0) is 13.9. The molecule has 0 aliphatic carbocycles. The first kappa shape index (κ1) is 13.6. The predicted octanol–water partition coefficient (Wildman–Crippen LogP) is 3.36. The first-order valence-electron chi connectivity index (χ1n) is 7.11. The van der Waals surface area contributed by atoms with Crippen molar-refractivity contribution in [1.82, 2.24) is 10.3 Å². The second-order valence-electron chi connectivity index (χ2n) is 5.52. The summed E-state index contributed by atoms with van der Waals surface area (Å²) in [6.45, 7) is 5.96. The van der Waals surface area contributed by atoms with Crippen LogP contribution in [0.2, 0.25) is 0 Å². The van der Waals surface area contributed by atoms with Gasteiger partial charge in [-0.1, -0.05) is 32.0 Å². The van der Waals surface area contributed by atoms with Gasteiger partial charge in [0.1, 0.15) is 5.75 Å². The second-order valence-corrected chi connectivity index (χ2v) is 6.67. The Morgan fingerprint density at radius 3 is 3.10 bits per heavy atom. The summed E-state index contributed by atoms with van der Waals surface area (Å²) in [4.78, 5) is 5.89. The van der Waals surface area contributed by atoms with E-state index in [0.717, 1.165) is 25.3 Å². The van der Waals surface area contributed by atoms with Crippen molar-refractivity contribution in [3.8, 4) is 5.75 Å². The van der Waals surface area contributed by atoms with Gasteiger partial charge in [-0.25, -0.2) is 4.98 Å². The lowest BCUT2D eigenvalue weighted by Crippen LogP contribution is -2.21. The highest BCUT2D eigenvalue weighted by Crippen LogP contribution is 2.33. The highest BCUT2D eigenvalue weighted by atomic mass is 32.1. The molecule has 0 spiro atoms. The number of nitrogens with one attached hydrogen (secondary N) is 1. The van der Waals surface area contributed by atoms with Crippen molar-refractivity contribution in [3.05, 3.63) is 45.9 Å². The van der Waals surface area contributed by atoms with Crippen LogP contribution in [0.25, 0.3) is 0 Å². The average molecular weight is 288 g/mol. The Hall–Kier alpha value is -1.39. The van der Waals surface area contributed by atoms with Gasteiger partial charge in [-0.3, -0.25) is 0 Å². The summed E-state index contributed by atoms with van der Waals surface area (Å²) in [5.41, 5.74) is 1.29. The molecule has 0 saturated heterocycles. The first-order chi connectivity index (χ1) is 9.72. The quantitative estimate of drug-likeness (QED) is 0.936. The van der Waals surface area contributed by atoms with Crippen molar-refractivity contribution in [2.24, 2.45) is 0 Å². The summed E-state index contributed by atoms with van der Waals surface area (Å²) < 4.78 is 5.85. The molecule has 106 valence electrons. The lowest BCUT2D eigenvalue weighted by molar-refractivity contribution is 0.262. The standard InChI is InChI=1S/C16H20N2OS/c1-11(2)17-8-14-9-18-16(20-14)13-7-12-5-3-4-6-15(12)19-10-13/h3-6,9,11,13,17H,7-8,10H2,1-2H3. The van der Waals surface area contributed by atoms with Crippen molar-refractivity contribution < 1.29 is 4.74 Å². The van der Waals surface area contributed by atoms with Gasteiger partial charge >= 0.3 is 0 Å². The van der Waals surface area contributed by atoms with Gasteiger partial charge in [0.15, 0.2) is 0 Å². The van der Waals surface area contributed by atoms with Gasteiger partial charge in [-0.05, 0) is 18.1 Å². The normalized spacial score (nSPS) is 17.9. The van der Waals surface area contributed by atoms with Crippen LogP contribution in [0.5, 0.6) is 5.75 Å². The number of ether oxygens (including phenoxy) is 1. The Balaban J connectivity index is 1.69. The van der Waals surface area contributed by atoms with E-state index in [1.54, 1.807) is 11.3 Å². The molecule has 0 saturated carbocycles. The fraction of sp³-hybridized carbons (Fsp3) is 0.438. The molecule has 0 fully saturated rings. The van der Waals surface area contributed by atoms with E-state index in [2.05, 4.69) is 36.3 Å². The number of para-hydroxylation sites is 1. The van der Waals surface area contributed by atoms with Gasteiger partial charge in [-0.15, -0.1) is 11.3 Å². The minimum Gasteiger partial charge on any atom is -0.493 e. The number of rotatable bonds is 4. The third kappa shape index (κ3) is 3.02. The first-order valence-corrected chi connectivity index (χ1v) is 7.92. The minimum atomic E-state index is 0.391. The lowest BCUT2D eigenvalue weighted by atomic mass is 9.97. The van der Waals surface area contributed by atoms with E-state index in [0.29, 0.717) is 12.0 Å². The second kappa shape index (κ2) is 5.94. The van der Waals surface area contributed by atoms with E-state index in [1.165, 1.54) is 15.4 Å². The summed E-state index contributed by atoms with van der Waals surface area (Å²) in [5, 5.41) is 4.63. The Kier molecular flexibility index (Phi) is 4.03. The van der Waals surface area contributed by atoms with E-state index < -0.39 is 0 Å². The van der Waals surface area contributed by atoms with Crippen LogP contribution in [0.1, 0.15) is 35.2 Å². The summed E-state index contributed by atoms with van der Waals surface area (Å²) >= 11 is 1.80. The third-order valence-electron chi connectivity index (χ3n) is 3.48. The molecule has 2 aromatic rings. The van der Waals surface area contributed by atoms with Crippen LogP contribution in [0.15, 0.2) is 30.5 Å². The summed E-state index contributed by atoms with van der Waals surface area (Å²) in [6, 6.07) is 8.80. The van der Waals surface area contributed by atoms with Gasteiger partial charge in [0.05, 0.1) is 11.6 Å². The van der Waals surface area contributed by atoms with Gasteiger partial charge in [0.25, 0.3) is 0 Å². The van der Waals surface area contributed by atoms with Gasteiger partial charge < -0.3 is 10.1 Å². The van der Waals surface area contributed by atoms with Gasteiger partial charge in [0, 0.05) is 29.6 Å². The molecule has 20 heavy (non-hydrogen) atoms. The third-order valence-corrected chi connectivity index (χ3v) is 4.64. The van der Waals surface area contributed by atoms with Crippen LogP contribution >= 0.6 is 11.3 Å². The molecule has 1 aromatic carbocycles. The van der Waals surface area contributed by atoms with E-state index >= 15 is 0 Å². The van der Waals surface area contributed by atoms with E-state index in [-0.39, 0.29) is 0 Å². The molecule has 1 aliphatic rings. The van der Waals surface area contributed by atoms with Crippen molar-refractivity contribution in [3.63, 3.8) is 0 Å². The molecule has 1 unspecified atom stereocenters. The Morgan fingerprint density at radius 2 is 2.25 bits per heavy atom. The van der Waals surface area contributed by atoms with E-state index in [4.69, 9.17) is 4.74 Å². The number of thiazole rings is 1. The van der Waals surface area contributed by atoms with Crippen LogP contribution in [0, 0.1) is 0 Å². The van der Waals surface area contributed by atoms with Crippen LogP contribution in [0.4, 0.5) is 0 Å². The maximum absolute atomic E-state index is 5.85. The predicted molar refractivity (Wildman–Crippen MR) is 82.5 cm³/mol. The Bertz CT molecular complexity index is 579. The maximum Gasteiger partial charge on any atom is 0.122 e. The van der Waals surface area contributed by atoms with E-state index in [9.17, 15) is 0 Å². The van der Waals surface area contributed by atoms with Crippen molar-refractivity contribution in [2.75, 3.05) is 6.61 Å². The molecule has 3 nitrogen and oxygen atoms in total. The van der Waals surface area contributed by atoms with Gasteiger partial charge in [-0.2, -0.15) is 0 Å². The van der Waals surface area contributed by atoms with Crippen LogP contribution in [-0.4, -0.2) is 17.6 Å². The number of hydrogen-bond acceptors (Lipinski definition) is 4.